The summed E-state index contributed by atoms with van der Waals surface area (Å²) >= 11 is 5.75. The molecule has 6 heteroatoms. The fraction of sp³-hybridized carbons (Fsp3) is 0.231. The van der Waals surface area contributed by atoms with Crippen molar-refractivity contribution in [2.45, 2.75) is 19.8 Å². The SMILES string of the molecule is CCCc1onc(-c2cc(F)cc(Cl)c2)c1C(=O)O. The van der Waals surface area contributed by atoms with Gasteiger partial charge in [0.2, 0.25) is 0 Å². The molecule has 100 valence electrons. The minimum Gasteiger partial charge on any atom is -0.477 e. The quantitative estimate of drug-likeness (QED) is 0.927. The van der Waals surface area contributed by atoms with Crippen LogP contribution < -0.4 is 0 Å². The summed E-state index contributed by atoms with van der Waals surface area (Å²) < 4.78 is 18.3. The van der Waals surface area contributed by atoms with Crippen LogP contribution in [0.2, 0.25) is 5.02 Å². The molecule has 19 heavy (non-hydrogen) atoms. The average Bonchev–Trinajstić information content (AvgIpc) is 2.72. The molecule has 0 aliphatic rings. The fourth-order valence-electron chi connectivity index (χ4n) is 1.83. The van der Waals surface area contributed by atoms with Crippen molar-refractivity contribution < 1.29 is 18.8 Å². The summed E-state index contributed by atoms with van der Waals surface area (Å²) in [5.74, 6) is -1.43. The number of carboxylic acid groups (broad SMARTS) is 1. The van der Waals surface area contributed by atoms with Gasteiger partial charge >= 0.3 is 5.97 Å². The smallest absolute Gasteiger partial charge is 0.341 e. The van der Waals surface area contributed by atoms with E-state index in [1.54, 1.807) is 0 Å². The Morgan fingerprint density at radius 2 is 2.21 bits per heavy atom. The maximum absolute atomic E-state index is 13.3. The normalized spacial score (nSPS) is 10.7. The number of carboxylic acids is 1. The molecule has 2 rings (SSSR count). The Hall–Kier alpha value is -1.88. The third-order valence-electron chi connectivity index (χ3n) is 2.59. The highest BCUT2D eigenvalue weighted by atomic mass is 35.5. The summed E-state index contributed by atoms with van der Waals surface area (Å²) in [6.45, 7) is 1.90. The molecule has 1 heterocycles. The monoisotopic (exact) mass is 283 g/mol. The molecular weight excluding hydrogens is 273 g/mol. The first-order valence-electron chi connectivity index (χ1n) is 5.71. The third kappa shape index (κ3) is 2.76. The van der Waals surface area contributed by atoms with Gasteiger partial charge in [-0.15, -0.1) is 0 Å². The van der Waals surface area contributed by atoms with Gasteiger partial charge in [-0.2, -0.15) is 0 Å². The van der Waals surface area contributed by atoms with E-state index >= 15 is 0 Å². The van der Waals surface area contributed by atoms with E-state index in [0.29, 0.717) is 6.42 Å². The Labute approximate surface area is 113 Å². The Kier molecular flexibility index (Phi) is 3.85. The summed E-state index contributed by atoms with van der Waals surface area (Å²) in [5.41, 5.74) is 0.342. The van der Waals surface area contributed by atoms with Gasteiger partial charge in [-0.1, -0.05) is 23.7 Å². The number of aryl methyl sites for hydroxylation is 1. The van der Waals surface area contributed by atoms with Crippen LogP contribution in [-0.4, -0.2) is 16.2 Å². The van der Waals surface area contributed by atoms with E-state index in [2.05, 4.69) is 5.16 Å². The molecule has 1 N–H and O–H groups in total. The van der Waals surface area contributed by atoms with Gasteiger partial charge in [0, 0.05) is 17.0 Å². The summed E-state index contributed by atoms with van der Waals surface area (Å²) in [6, 6.07) is 3.76. The van der Waals surface area contributed by atoms with Crippen LogP contribution in [0.3, 0.4) is 0 Å². The molecule has 0 spiro atoms. The van der Waals surface area contributed by atoms with Gasteiger partial charge in [-0.25, -0.2) is 9.18 Å². The highest BCUT2D eigenvalue weighted by Gasteiger charge is 2.23. The van der Waals surface area contributed by atoms with Crippen molar-refractivity contribution in [2.24, 2.45) is 0 Å². The van der Waals surface area contributed by atoms with Crippen molar-refractivity contribution >= 4 is 17.6 Å². The number of benzene rings is 1. The molecule has 1 aromatic carbocycles. The van der Waals surface area contributed by atoms with Crippen LogP contribution in [0.5, 0.6) is 0 Å². The van der Waals surface area contributed by atoms with Crippen molar-refractivity contribution in [2.75, 3.05) is 0 Å². The van der Waals surface area contributed by atoms with Gasteiger partial charge in [-0.3, -0.25) is 0 Å². The summed E-state index contributed by atoms with van der Waals surface area (Å²) in [5, 5.41) is 13.1. The zero-order valence-electron chi connectivity index (χ0n) is 10.1. The van der Waals surface area contributed by atoms with Crippen molar-refractivity contribution in [3.8, 4) is 11.3 Å². The largest absolute Gasteiger partial charge is 0.477 e. The number of hydrogen-bond donors (Lipinski definition) is 1. The van der Waals surface area contributed by atoms with Crippen molar-refractivity contribution in [3.05, 3.63) is 40.4 Å². The van der Waals surface area contributed by atoms with Gasteiger partial charge in [0.05, 0.1) is 0 Å². The molecule has 0 radical (unpaired) electrons. The molecule has 0 aliphatic heterocycles. The maximum Gasteiger partial charge on any atom is 0.341 e. The molecule has 1 aromatic heterocycles. The van der Waals surface area contributed by atoms with Crippen LogP contribution in [0, 0.1) is 5.82 Å². The van der Waals surface area contributed by atoms with Crippen molar-refractivity contribution in [1.29, 1.82) is 0 Å². The van der Waals surface area contributed by atoms with Crippen molar-refractivity contribution in [3.63, 3.8) is 0 Å². The standard InChI is InChI=1S/C13H11ClFNO3/c1-2-3-10-11(13(17)18)12(16-19-10)7-4-8(14)6-9(15)5-7/h4-6H,2-3H2,1H3,(H,17,18). The summed E-state index contributed by atoms with van der Waals surface area (Å²) in [7, 11) is 0. The molecule has 2 aromatic rings. The number of rotatable bonds is 4. The Balaban J connectivity index is 2.58. The van der Waals surface area contributed by atoms with Crippen LogP contribution in [0.4, 0.5) is 4.39 Å². The number of carbonyl (C=O) groups is 1. The van der Waals surface area contributed by atoms with Crippen LogP contribution in [-0.2, 0) is 6.42 Å². The zero-order chi connectivity index (χ0) is 14.0. The lowest BCUT2D eigenvalue weighted by Gasteiger charge is -2.00. The molecule has 0 amide bonds. The highest BCUT2D eigenvalue weighted by molar-refractivity contribution is 6.30. The van der Waals surface area contributed by atoms with Gasteiger partial charge in [0.15, 0.2) is 5.76 Å². The first kappa shape index (κ1) is 13.5. The zero-order valence-corrected chi connectivity index (χ0v) is 10.9. The number of aromatic carboxylic acids is 1. The lowest BCUT2D eigenvalue weighted by atomic mass is 10.0. The van der Waals surface area contributed by atoms with E-state index in [0.717, 1.165) is 12.5 Å². The Morgan fingerprint density at radius 1 is 1.47 bits per heavy atom. The molecule has 4 nitrogen and oxygen atoms in total. The summed E-state index contributed by atoms with van der Waals surface area (Å²) in [6.07, 6.45) is 1.18. The third-order valence-corrected chi connectivity index (χ3v) is 2.81. The molecule has 0 saturated carbocycles. The number of hydrogen-bond acceptors (Lipinski definition) is 3. The van der Waals surface area contributed by atoms with E-state index in [9.17, 15) is 14.3 Å². The second-order valence-corrected chi connectivity index (χ2v) is 4.48. The van der Waals surface area contributed by atoms with Gasteiger partial charge in [-0.05, 0) is 24.6 Å². The fourth-order valence-corrected chi connectivity index (χ4v) is 2.05. The van der Waals surface area contributed by atoms with Gasteiger partial charge in [0.25, 0.3) is 0 Å². The minimum atomic E-state index is -1.15. The molecule has 0 unspecified atom stereocenters. The topological polar surface area (TPSA) is 63.3 Å². The maximum atomic E-state index is 13.3. The predicted molar refractivity (Wildman–Crippen MR) is 67.9 cm³/mol. The number of halogens is 2. The molecule has 0 aliphatic carbocycles. The minimum absolute atomic E-state index is 0.0384. The highest BCUT2D eigenvalue weighted by Crippen LogP contribution is 2.29. The molecular formula is C13H11ClFNO3. The molecule has 0 bridgehead atoms. The first-order chi connectivity index (χ1) is 9.02. The van der Waals surface area contributed by atoms with Crippen LogP contribution in [0.15, 0.2) is 22.7 Å². The Bertz CT molecular complexity index is 604. The molecule has 0 fully saturated rings. The lowest BCUT2D eigenvalue weighted by molar-refractivity contribution is 0.0695. The van der Waals surface area contributed by atoms with Crippen LogP contribution >= 0.6 is 11.6 Å². The number of nitrogens with zero attached hydrogens (tertiary/aromatic N) is 1. The van der Waals surface area contributed by atoms with E-state index in [4.69, 9.17) is 16.1 Å². The van der Waals surface area contributed by atoms with Crippen LogP contribution in [0.1, 0.15) is 29.5 Å². The van der Waals surface area contributed by atoms with Gasteiger partial charge < -0.3 is 9.63 Å². The van der Waals surface area contributed by atoms with E-state index in [1.165, 1.54) is 12.1 Å². The van der Waals surface area contributed by atoms with Crippen LogP contribution in [0.25, 0.3) is 11.3 Å². The second kappa shape index (κ2) is 5.40. The molecule has 0 atom stereocenters. The summed E-state index contributed by atoms with van der Waals surface area (Å²) in [4.78, 5) is 11.3. The second-order valence-electron chi connectivity index (χ2n) is 4.04. The predicted octanol–water partition coefficient (Wildman–Crippen LogP) is 3.78. The molecule has 0 saturated heterocycles. The average molecular weight is 284 g/mol. The Morgan fingerprint density at radius 3 is 2.79 bits per heavy atom. The van der Waals surface area contributed by atoms with Gasteiger partial charge in [0.1, 0.15) is 17.1 Å². The van der Waals surface area contributed by atoms with E-state index in [-0.39, 0.29) is 27.6 Å². The lowest BCUT2D eigenvalue weighted by Crippen LogP contribution is -2.01. The first-order valence-corrected chi connectivity index (χ1v) is 6.09. The van der Waals surface area contributed by atoms with E-state index < -0.39 is 11.8 Å². The number of aromatic nitrogens is 1. The van der Waals surface area contributed by atoms with Crippen molar-refractivity contribution in [1.82, 2.24) is 5.16 Å². The van der Waals surface area contributed by atoms with E-state index in [1.807, 2.05) is 6.92 Å².